The van der Waals surface area contributed by atoms with Crippen molar-refractivity contribution in [3.05, 3.63) is 35.1 Å². The Bertz CT molecular complexity index is 634. The molecular formula is C17H23NO3. The first-order valence-corrected chi connectivity index (χ1v) is 7.63. The molecule has 1 saturated heterocycles. The van der Waals surface area contributed by atoms with Crippen LogP contribution >= 0.6 is 0 Å². The van der Waals surface area contributed by atoms with Gasteiger partial charge in [-0.2, -0.15) is 0 Å². The highest BCUT2D eigenvalue weighted by molar-refractivity contribution is 5.85. The summed E-state index contributed by atoms with van der Waals surface area (Å²) in [5.74, 6) is 0.925. The van der Waals surface area contributed by atoms with Gasteiger partial charge in [0.2, 0.25) is 0 Å². The molecule has 2 aromatic rings. The fraction of sp³-hybridized carbons (Fsp3) is 0.529. The summed E-state index contributed by atoms with van der Waals surface area (Å²) in [4.78, 5) is 2.21. The van der Waals surface area contributed by atoms with Crippen LogP contribution < -0.4 is 0 Å². The van der Waals surface area contributed by atoms with E-state index in [0.717, 1.165) is 47.2 Å². The molecule has 2 atom stereocenters. The maximum Gasteiger partial charge on any atom is 0.139 e. The van der Waals surface area contributed by atoms with Gasteiger partial charge in [0.05, 0.1) is 19.3 Å². The lowest BCUT2D eigenvalue weighted by Gasteiger charge is -2.31. The number of nitrogens with zero attached hydrogens (tertiary/aromatic N) is 1. The molecule has 4 nitrogen and oxygen atoms in total. The van der Waals surface area contributed by atoms with Crippen LogP contribution in [0, 0.1) is 13.8 Å². The minimum Gasteiger partial charge on any atom is -0.461 e. The average Bonchev–Trinajstić information content (AvgIpc) is 3.07. The number of hydrogen-bond donors (Lipinski definition) is 2. The maximum atomic E-state index is 9.92. The summed E-state index contributed by atoms with van der Waals surface area (Å²) in [7, 11) is 0. The van der Waals surface area contributed by atoms with Crippen molar-refractivity contribution in [1.29, 1.82) is 0 Å². The third-order valence-corrected chi connectivity index (χ3v) is 4.80. The van der Waals surface area contributed by atoms with Crippen LogP contribution in [0.1, 0.15) is 35.8 Å². The Labute approximate surface area is 125 Å². The van der Waals surface area contributed by atoms with Gasteiger partial charge >= 0.3 is 0 Å². The van der Waals surface area contributed by atoms with E-state index in [4.69, 9.17) is 4.42 Å². The predicted octanol–water partition coefficient (Wildman–Crippen LogP) is 2.54. The zero-order chi connectivity index (χ0) is 15.0. The van der Waals surface area contributed by atoms with E-state index < -0.39 is 0 Å². The highest BCUT2D eigenvalue weighted by Crippen LogP contribution is 2.35. The number of aliphatic hydroxyl groups is 2. The van der Waals surface area contributed by atoms with Crippen molar-refractivity contribution in [2.45, 2.75) is 38.8 Å². The zero-order valence-corrected chi connectivity index (χ0v) is 12.7. The Morgan fingerprint density at radius 2 is 2.14 bits per heavy atom. The van der Waals surface area contributed by atoms with E-state index in [2.05, 4.69) is 17.9 Å². The Kier molecular flexibility index (Phi) is 4.02. The van der Waals surface area contributed by atoms with Crippen LogP contribution in [0.2, 0.25) is 0 Å². The number of aryl methyl sites for hydroxylation is 2. The van der Waals surface area contributed by atoms with Crippen LogP contribution in [-0.4, -0.2) is 40.9 Å². The normalized spacial score (nSPS) is 21.2. The quantitative estimate of drug-likeness (QED) is 0.908. The molecule has 2 unspecified atom stereocenters. The molecule has 1 aromatic heterocycles. The van der Waals surface area contributed by atoms with E-state index in [-0.39, 0.29) is 25.3 Å². The third-order valence-electron chi connectivity index (χ3n) is 4.80. The second-order valence-corrected chi connectivity index (χ2v) is 5.92. The third kappa shape index (κ3) is 2.37. The molecule has 114 valence electrons. The van der Waals surface area contributed by atoms with Gasteiger partial charge in [-0.3, -0.25) is 4.90 Å². The molecule has 0 spiro atoms. The van der Waals surface area contributed by atoms with Crippen LogP contribution in [0.25, 0.3) is 11.0 Å². The molecule has 0 amide bonds. The minimum absolute atomic E-state index is 0.0361. The van der Waals surface area contributed by atoms with E-state index in [0.29, 0.717) is 0 Å². The molecule has 0 aliphatic carbocycles. The van der Waals surface area contributed by atoms with Gasteiger partial charge in [0.25, 0.3) is 0 Å². The summed E-state index contributed by atoms with van der Waals surface area (Å²) in [6, 6.07) is 6.13. The number of para-hydroxylation sites is 1. The van der Waals surface area contributed by atoms with E-state index in [9.17, 15) is 10.2 Å². The lowest BCUT2D eigenvalue weighted by molar-refractivity contribution is 0.0809. The van der Waals surface area contributed by atoms with Crippen molar-refractivity contribution in [3.8, 4) is 0 Å². The molecule has 21 heavy (non-hydrogen) atoms. The van der Waals surface area contributed by atoms with Crippen molar-refractivity contribution in [3.63, 3.8) is 0 Å². The molecule has 2 heterocycles. The van der Waals surface area contributed by atoms with E-state index in [1.54, 1.807) is 0 Å². The van der Waals surface area contributed by atoms with Gasteiger partial charge in [0.15, 0.2) is 0 Å². The van der Waals surface area contributed by atoms with Gasteiger partial charge in [-0.25, -0.2) is 0 Å². The Morgan fingerprint density at radius 3 is 2.86 bits per heavy atom. The van der Waals surface area contributed by atoms with Crippen LogP contribution in [0.15, 0.2) is 22.6 Å². The van der Waals surface area contributed by atoms with Crippen molar-refractivity contribution in [2.24, 2.45) is 0 Å². The van der Waals surface area contributed by atoms with E-state index in [1.165, 1.54) is 0 Å². The molecule has 1 aliphatic rings. The summed E-state index contributed by atoms with van der Waals surface area (Å²) < 4.78 is 5.94. The average molecular weight is 289 g/mol. The largest absolute Gasteiger partial charge is 0.461 e. The van der Waals surface area contributed by atoms with Crippen molar-refractivity contribution in [2.75, 3.05) is 19.8 Å². The number of aliphatic hydroxyl groups excluding tert-OH is 2. The molecule has 1 aliphatic heterocycles. The van der Waals surface area contributed by atoms with Crippen LogP contribution in [0.3, 0.4) is 0 Å². The van der Waals surface area contributed by atoms with Crippen molar-refractivity contribution >= 4 is 11.0 Å². The summed E-state index contributed by atoms with van der Waals surface area (Å²) in [5.41, 5.74) is 3.05. The van der Waals surface area contributed by atoms with Gasteiger partial charge < -0.3 is 14.6 Å². The van der Waals surface area contributed by atoms with Gasteiger partial charge in [-0.15, -0.1) is 0 Å². The zero-order valence-electron chi connectivity index (χ0n) is 12.7. The van der Waals surface area contributed by atoms with Crippen LogP contribution in [-0.2, 0) is 0 Å². The lowest BCUT2D eigenvalue weighted by Crippen LogP contribution is -2.37. The SMILES string of the molecule is Cc1oc2c(C(CO)N3CCCC3CO)cccc2c1C. The Hall–Kier alpha value is -1.36. The summed E-state index contributed by atoms with van der Waals surface area (Å²) in [5, 5.41) is 20.6. The van der Waals surface area contributed by atoms with Gasteiger partial charge in [-0.05, 0) is 38.8 Å². The molecule has 4 heteroatoms. The molecule has 2 N–H and O–H groups in total. The molecule has 0 bridgehead atoms. The van der Waals surface area contributed by atoms with E-state index in [1.807, 2.05) is 19.1 Å². The van der Waals surface area contributed by atoms with Gasteiger partial charge in [0, 0.05) is 17.0 Å². The lowest BCUT2D eigenvalue weighted by atomic mass is 10.0. The fourth-order valence-electron chi connectivity index (χ4n) is 3.49. The first-order chi connectivity index (χ1) is 10.2. The monoisotopic (exact) mass is 289 g/mol. The second kappa shape index (κ2) is 5.79. The number of likely N-dealkylation sites (tertiary alicyclic amines) is 1. The first kappa shape index (κ1) is 14.6. The minimum atomic E-state index is -0.113. The number of fused-ring (bicyclic) bond motifs is 1. The van der Waals surface area contributed by atoms with Gasteiger partial charge in [-0.1, -0.05) is 18.2 Å². The summed E-state index contributed by atoms with van der Waals surface area (Å²) in [6.07, 6.45) is 2.05. The second-order valence-electron chi connectivity index (χ2n) is 5.92. The smallest absolute Gasteiger partial charge is 0.139 e. The van der Waals surface area contributed by atoms with E-state index >= 15 is 0 Å². The molecule has 3 rings (SSSR count). The van der Waals surface area contributed by atoms with Crippen LogP contribution in [0.5, 0.6) is 0 Å². The highest BCUT2D eigenvalue weighted by atomic mass is 16.3. The predicted molar refractivity (Wildman–Crippen MR) is 82.3 cm³/mol. The standard InChI is InChI=1S/C17H23NO3/c1-11-12(2)21-17-14(11)6-3-7-15(17)16(10-20)18-8-4-5-13(18)9-19/h3,6-7,13,16,19-20H,4-5,8-10H2,1-2H3. The van der Waals surface area contributed by atoms with Crippen LogP contribution in [0.4, 0.5) is 0 Å². The first-order valence-electron chi connectivity index (χ1n) is 7.63. The maximum absolute atomic E-state index is 9.92. The highest BCUT2D eigenvalue weighted by Gasteiger charge is 2.32. The summed E-state index contributed by atoms with van der Waals surface area (Å²) in [6.45, 7) is 5.12. The summed E-state index contributed by atoms with van der Waals surface area (Å²) >= 11 is 0. The molecular weight excluding hydrogens is 266 g/mol. The van der Waals surface area contributed by atoms with Gasteiger partial charge in [0.1, 0.15) is 11.3 Å². The molecule has 1 fully saturated rings. The molecule has 0 radical (unpaired) electrons. The fourth-order valence-corrected chi connectivity index (χ4v) is 3.49. The number of rotatable bonds is 4. The number of benzene rings is 1. The topological polar surface area (TPSA) is 56.8 Å². The van der Waals surface area contributed by atoms with Crippen molar-refractivity contribution < 1.29 is 14.6 Å². The molecule has 1 aromatic carbocycles. The molecule has 0 saturated carbocycles. The number of hydrogen-bond acceptors (Lipinski definition) is 4. The number of furan rings is 1. The van der Waals surface area contributed by atoms with Crippen molar-refractivity contribution in [1.82, 2.24) is 4.90 Å². The Balaban J connectivity index is 2.07. The Morgan fingerprint density at radius 1 is 1.33 bits per heavy atom.